The van der Waals surface area contributed by atoms with Crippen LogP contribution in [0.2, 0.25) is 0 Å². The lowest BCUT2D eigenvalue weighted by Crippen LogP contribution is -2.49. The van der Waals surface area contributed by atoms with E-state index < -0.39 is 27.4 Å². The van der Waals surface area contributed by atoms with E-state index in [4.69, 9.17) is 5.11 Å². The van der Waals surface area contributed by atoms with E-state index in [0.717, 1.165) is 12.8 Å². The molecule has 0 aromatic heterocycles. The van der Waals surface area contributed by atoms with Crippen molar-refractivity contribution in [1.82, 2.24) is 10.0 Å². The van der Waals surface area contributed by atoms with Crippen molar-refractivity contribution in [2.24, 2.45) is 5.92 Å². The molecule has 0 atom stereocenters. The molecule has 7 nitrogen and oxygen atoms in total. The molecule has 0 unspecified atom stereocenters. The second kappa shape index (κ2) is 8.18. The zero-order valence-electron chi connectivity index (χ0n) is 15.1. The largest absolute Gasteiger partial charge is 0.481 e. The van der Waals surface area contributed by atoms with Gasteiger partial charge in [0.05, 0.1) is 16.9 Å². The minimum absolute atomic E-state index is 0.0302. The molecule has 1 aromatic rings. The summed E-state index contributed by atoms with van der Waals surface area (Å²) in [6.45, 7) is 4.04. The molecule has 1 aliphatic carbocycles. The predicted molar refractivity (Wildman–Crippen MR) is 97.4 cm³/mol. The van der Waals surface area contributed by atoms with Gasteiger partial charge in [0.25, 0.3) is 5.91 Å². The number of nitrogens with one attached hydrogen (secondary N) is 2. The summed E-state index contributed by atoms with van der Waals surface area (Å²) >= 11 is 0. The van der Waals surface area contributed by atoms with E-state index in [1.54, 1.807) is 0 Å². The molecular formula is C18H26N2O5S. The summed E-state index contributed by atoms with van der Waals surface area (Å²) in [6.07, 6.45) is 2.80. The van der Waals surface area contributed by atoms with Gasteiger partial charge in [0, 0.05) is 12.1 Å². The first-order chi connectivity index (χ1) is 12.2. The predicted octanol–water partition coefficient (Wildman–Crippen LogP) is 2.14. The molecule has 1 saturated carbocycles. The smallest absolute Gasteiger partial charge is 0.305 e. The van der Waals surface area contributed by atoms with E-state index in [-0.39, 0.29) is 16.9 Å². The van der Waals surface area contributed by atoms with Gasteiger partial charge in [0.1, 0.15) is 0 Å². The van der Waals surface area contributed by atoms with Crippen molar-refractivity contribution >= 4 is 21.9 Å². The molecule has 0 aliphatic heterocycles. The summed E-state index contributed by atoms with van der Waals surface area (Å²) < 4.78 is 27.3. The van der Waals surface area contributed by atoms with Crippen LogP contribution < -0.4 is 10.0 Å². The van der Waals surface area contributed by atoms with E-state index >= 15 is 0 Å². The Labute approximate surface area is 154 Å². The lowest BCUT2D eigenvalue weighted by molar-refractivity contribution is -0.138. The molecule has 26 heavy (non-hydrogen) atoms. The fraction of sp³-hybridized carbons (Fsp3) is 0.556. The third kappa shape index (κ3) is 5.28. The number of carboxylic acids is 1. The summed E-state index contributed by atoms with van der Waals surface area (Å²) in [6, 6.07) is 5.79. The number of amides is 1. The molecule has 1 aliphatic rings. The number of hydrogen-bond donors (Lipinski definition) is 3. The standard InChI is InChI=1S/C18H26N2O5S/c1-3-18(4-2,11-16(21)22)20-17(23)14-6-5-7-15(10-14)26(24,25)19-12-13-8-9-13/h5-7,10,13,19H,3-4,8-9,11-12H2,1-2H3,(H,20,23)(H,21,22). The first-order valence-corrected chi connectivity index (χ1v) is 10.3. The van der Waals surface area contributed by atoms with Gasteiger partial charge in [0.2, 0.25) is 10.0 Å². The van der Waals surface area contributed by atoms with Crippen LogP contribution in [0.4, 0.5) is 0 Å². The number of carboxylic acid groups (broad SMARTS) is 1. The topological polar surface area (TPSA) is 113 Å². The third-order valence-electron chi connectivity index (χ3n) is 4.89. The van der Waals surface area contributed by atoms with Gasteiger partial charge in [-0.05, 0) is 49.8 Å². The fourth-order valence-corrected chi connectivity index (χ4v) is 3.92. The minimum atomic E-state index is -3.67. The molecule has 8 heteroatoms. The summed E-state index contributed by atoms with van der Waals surface area (Å²) in [4.78, 5) is 23.8. The maximum absolute atomic E-state index is 12.6. The van der Waals surface area contributed by atoms with E-state index in [0.29, 0.717) is 25.3 Å². The summed E-state index contributed by atoms with van der Waals surface area (Å²) in [7, 11) is -3.67. The highest BCUT2D eigenvalue weighted by molar-refractivity contribution is 7.89. The zero-order valence-corrected chi connectivity index (χ0v) is 15.9. The Balaban J connectivity index is 2.17. The molecule has 0 bridgehead atoms. The second-order valence-electron chi connectivity index (χ2n) is 6.84. The number of carbonyl (C=O) groups is 2. The molecular weight excluding hydrogens is 356 g/mol. The van der Waals surface area contributed by atoms with Gasteiger partial charge in [-0.15, -0.1) is 0 Å². The van der Waals surface area contributed by atoms with Crippen molar-refractivity contribution in [3.8, 4) is 0 Å². The molecule has 1 amide bonds. The molecule has 1 fully saturated rings. The average molecular weight is 382 g/mol. The molecule has 0 heterocycles. The highest BCUT2D eigenvalue weighted by Gasteiger charge is 2.31. The van der Waals surface area contributed by atoms with Gasteiger partial charge in [-0.3, -0.25) is 9.59 Å². The van der Waals surface area contributed by atoms with Crippen LogP contribution in [0.5, 0.6) is 0 Å². The Morgan fingerprint density at radius 3 is 2.42 bits per heavy atom. The van der Waals surface area contributed by atoms with Crippen molar-refractivity contribution in [2.45, 2.75) is 56.4 Å². The van der Waals surface area contributed by atoms with E-state index in [9.17, 15) is 18.0 Å². The monoisotopic (exact) mass is 382 g/mol. The van der Waals surface area contributed by atoms with Crippen LogP contribution in [-0.4, -0.2) is 37.5 Å². The van der Waals surface area contributed by atoms with Crippen LogP contribution >= 0.6 is 0 Å². The molecule has 0 radical (unpaired) electrons. The Morgan fingerprint density at radius 1 is 1.23 bits per heavy atom. The minimum Gasteiger partial charge on any atom is -0.481 e. The SMILES string of the molecule is CCC(CC)(CC(=O)O)NC(=O)c1cccc(S(=O)(=O)NCC2CC2)c1. The van der Waals surface area contributed by atoms with Gasteiger partial charge in [-0.25, -0.2) is 13.1 Å². The van der Waals surface area contributed by atoms with Gasteiger partial charge in [0.15, 0.2) is 0 Å². The fourth-order valence-electron chi connectivity index (χ4n) is 2.76. The maximum atomic E-state index is 12.6. The zero-order chi connectivity index (χ0) is 19.4. The second-order valence-corrected chi connectivity index (χ2v) is 8.60. The van der Waals surface area contributed by atoms with Crippen LogP contribution in [0, 0.1) is 5.92 Å². The van der Waals surface area contributed by atoms with Crippen LogP contribution in [0.15, 0.2) is 29.2 Å². The first-order valence-electron chi connectivity index (χ1n) is 8.85. The van der Waals surface area contributed by atoms with Crippen LogP contribution in [-0.2, 0) is 14.8 Å². The number of benzene rings is 1. The van der Waals surface area contributed by atoms with Gasteiger partial charge >= 0.3 is 5.97 Å². The molecule has 0 spiro atoms. The van der Waals surface area contributed by atoms with Crippen LogP contribution in [0.1, 0.15) is 56.3 Å². The first kappa shape index (κ1) is 20.4. The van der Waals surface area contributed by atoms with E-state index in [1.165, 1.54) is 24.3 Å². The van der Waals surface area contributed by atoms with Gasteiger partial charge in [-0.1, -0.05) is 19.9 Å². The van der Waals surface area contributed by atoms with Gasteiger partial charge < -0.3 is 10.4 Å². The number of sulfonamides is 1. The number of hydrogen-bond acceptors (Lipinski definition) is 4. The summed E-state index contributed by atoms with van der Waals surface area (Å²) in [5, 5.41) is 11.9. The summed E-state index contributed by atoms with van der Waals surface area (Å²) in [5.41, 5.74) is -0.668. The maximum Gasteiger partial charge on any atom is 0.305 e. The lowest BCUT2D eigenvalue weighted by Gasteiger charge is -2.31. The van der Waals surface area contributed by atoms with Crippen molar-refractivity contribution in [1.29, 1.82) is 0 Å². The highest BCUT2D eigenvalue weighted by atomic mass is 32.2. The van der Waals surface area contributed by atoms with Crippen molar-refractivity contribution in [3.63, 3.8) is 0 Å². The number of carbonyl (C=O) groups excluding carboxylic acids is 1. The number of aliphatic carboxylic acids is 1. The van der Waals surface area contributed by atoms with Crippen LogP contribution in [0.3, 0.4) is 0 Å². The Bertz CT molecular complexity index is 768. The summed E-state index contributed by atoms with van der Waals surface area (Å²) in [5.74, 6) is -1.06. The van der Waals surface area contributed by atoms with Crippen molar-refractivity contribution in [2.75, 3.05) is 6.54 Å². The van der Waals surface area contributed by atoms with E-state index in [2.05, 4.69) is 10.0 Å². The third-order valence-corrected chi connectivity index (χ3v) is 6.31. The normalized spacial score (nSPS) is 14.8. The lowest BCUT2D eigenvalue weighted by atomic mass is 9.88. The highest BCUT2D eigenvalue weighted by Crippen LogP contribution is 2.28. The van der Waals surface area contributed by atoms with Crippen LogP contribution in [0.25, 0.3) is 0 Å². The Kier molecular flexibility index (Phi) is 6.41. The molecule has 0 saturated heterocycles. The quantitative estimate of drug-likeness (QED) is 0.574. The Morgan fingerprint density at radius 2 is 1.88 bits per heavy atom. The van der Waals surface area contributed by atoms with Crippen molar-refractivity contribution in [3.05, 3.63) is 29.8 Å². The van der Waals surface area contributed by atoms with E-state index in [1.807, 2.05) is 13.8 Å². The van der Waals surface area contributed by atoms with Crippen molar-refractivity contribution < 1.29 is 23.1 Å². The van der Waals surface area contributed by atoms with Gasteiger partial charge in [-0.2, -0.15) is 0 Å². The molecule has 3 N–H and O–H groups in total. The molecule has 1 aromatic carbocycles. The average Bonchev–Trinajstić information content (AvgIpc) is 3.43. The molecule has 2 rings (SSSR count). The molecule has 144 valence electrons. The Hall–Kier alpha value is -1.93. The number of rotatable bonds is 10.